The first-order valence-electron chi connectivity index (χ1n) is 6.93. The molecule has 0 heterocycles. The molecule has 0 amide bonds. The number of rotatable bonds is 7. The maximum Gasteiger partial charge on any atom is 0.142 e. The number of hydrogen-bond donors (Lipinski definition) is 1. The van der Waals surface area contributed by atoms with Crippen LogP contribution < -0.4 is 15.0 Å². The first-order chi connectivity index (χ1) is 8.78. The van der Waals surface area contributed by atoms with Gasteiger partial charge in [0.2, 0.25) is 0 Å². The minimum atomic E-state index is 0.749. The van der Waals surface area contributed by atoms with E-state index < -0.39 is 0 Å². The van der Waals surface area contributed by atoms with E-state index in [1.54, 1.807) is 7.11 Å². The molecule has 1 fully saturated rings. The third-order valence-corrected chi connectivity index (χ3v) is 3.52. The normalized spacial score (nSPS) is 14.6. The van der Waals surface area contributed by atoms with Crippen LogP contribution in [0, 0.1) is 0 Å². The van der Waals surface area contributed by atoms with Gasteiger partial charge in [-0.3, -0.25) is 0 Å². The molecule has 1 N–H and O–H groups in total. The maximum atomic E-state index is 5.52. The first-order valence-corrected chi connectivity index (χ1v) is 6.93. The predicted octanol–water partition coefficient (Wildman–Crippen LogP) is 2.79. The molecule has 2 rings (SSSR count). The van der Waals surface area contributed by atoms with Crippen LogP contribution in [0.5, 0.6) is 5.75 Å². The fourth-order valence-electron chi connectivity index (χ4n) is 2.21. The molecule has 0 radical (unpaired) electrons. The molecule has 0 bridgehead atoms. The van der Waals surface area contributed by atoms with Crippen LogP contribution in [-0.2, 0) is 6.54 Å². The van der Waals surface area contributed by atoms with Crippen molar-refractivity contribution >= 4 is 5.69 Å². The van der Waals surface area contributed by atoms with Crippen molar-refractivity contribution in [3.05, 3.63) is 23.8 Å². The van der Waals surface area contributed by atoms with Gasteiger partial charge >= 0.3 is 0 Å². The third kappa shape index (κ3) is 3.16. The summed E-state index contributed by atoms with van der Waals surface area (Å²) in [6, 6.07) is 7.28. The lowest BCUT2D eigenvalue weighted by atomic mass is 10.1. The van der Waals surface area contributed by atoms with E-state index in [4.69, 9.17) is 4.74 Å². The highest BCUT2D eigenvalue weighted by Gasteiger charge is 2.20. The minimum absolute atomic E-state index is 0.749. The summed E-state index contributed by atoms with van der Waals surface area (Å²) in [4.78, 5) is 2.32. The molecule has 1 aliphatic rings. The smallest absolute Gasteiger partial charge is 0.142 e. The minimum Gasteiger partial charge on any atom is -0.495 e. The van der Waals surface area contributed by atoms with Gasteiger partial charge in [0.15, 0.2) is 0 Å². The average molecular weight is 248 g/mol. The molecular formula is C15H24N2O. The van der Waals surface area contributed by atoms with Crippen LogP contribution in [0.25, 0.3) is 0 Å². The van der Waals surface area contributed by atoms with E-state index in [0.717, 1.165) is 31.4 Å². The second kappa shape index (κ2) is 6.10. The topological polar surface area (TPSA) is 24.5 Å². The van der Waals surface area contributed by atoms with E-state index >= 15 is 0 Å². The van der Waals surface area contributed by atoms with Crippen LogP contribution in [-0.4, -0.2) is 26.2 Å². The molecule has 0 aliphatic heterocycles. The summed E-state index contributed by atoms with van der Waals surface area (Å²) >= 11 is 0. The Hall–Kier alpha value is -1.22. The van der Waals surface area contributed by atoms with Gasteiger partial charge in [-0.15, -0.1) is 0 Å². The highest BCUT2D eigenvalue weighted by Crippen LogP contribution is 2.29. The van der Waals surface area contributed by atoms with Crippen LogP contribution in [0.2, 0.25) is 0 Å². The molecule has 3 nitrogen and oxygen atoms in total. The fraction of sp³-hybridized carbons (Fsp3) is 0.600. The predicted molar refractivity (Wildman–Crippen MR) is 76.4 cm³/mol. The zero-order valence-electron chi connectivity index (χ0n) is 11.7. The highest BCUT2D eigenvalue weighted by atomic mass is 16.5. The number of hydrogen-bond acceptors (Lipinski definition) is 3. The molecule has 1 saturated carbocycles. The summed E-state index contributed by atoms with van der Waals surface area (Å²) in [7, 11) is 1.75. The Balaban J connectivity index is 2.10. The maximum absolute atomic E-state index is 5.52. The monoisotopic (exact) mass is 248 g/mol. The quantitative estimate of drug-likeness (QED) is 0.803. The van der Waals surface area contributed by atoms with Gasteiger partial charge in [0.1, 0.15) is 5.75 Å². The van der Waals surface area contributed by atoms with Gasteiger partial charge in [-0.25, -0.2) is 0 Å². The molecule has 0 unspecified atom stereocenters. The number of anilines is 1. The molecule has 1 aliphatic carbocycles. The zero-order valence-corrected chi connectivity index (χ0v) is 11.7. The van der Waals surface area contributed by atoms with Gasteiger partial charge in [0, 0.05) is 25.7 Å². The number of methoxy groups -OCH3 is 1. The van der Waals surface area contributed by atoms with Gasteiger partial charge in [-0.2, -0.15) is 0 Å². The summed E-state index contributed by atoms with van der Waals surface area (Å²) in [6.45, 7) is 7.30. The van der Waals surface area contributed by atoms with Crippen LogP contribution >= 0.6 is 0 Å². The van der Waals surface area contributed by atoms with Crippen molar-refractivity contribution in [3.63, 3.8) is 0 Å². The average Bonchev–Trinajstić information content (AvgIpc) is 3.22. The number of nitrogens with zero attached hydrogens (tertiary/aromatic N) is 1. The van der Waals surface area contributed by atoms with Crippen LogP contribution in [0.1, 0.15) is 32.3 Å². The van der Waals surface area contributed by atoms with Gasteiger partial charge in [-0.1, -0.05) is 6.07 Å². The van der Waals surface area contributed by atoms with E-state index in [2.05, 4.69) is 42.3 Å². The molecule has 0 aromatic heterocycles. The molecule has 18 heavy (non-hydrogen) atoms. The number of ether oxygens (including phenoxy) is 1. The van der Waals surface area contributed by atoms with Crippen LogP contribution in [0.3, 0.4) is 0 Å². The summed E-state index contributed by atoms with van der Waals surface area (Å²) < 4.78 is 5.52. The Labute approximate surface area is 110 Å². The lowest BCUT2D eigenvalue weighted by Crippen LogP contribution is -2.22. The van der Waals surface area contributed by atoms with Crippen molar-refractivity contribution in [1.82, 2.24) is 5.32 Å². The molecule has 0 atom stereocenters. The highest BCUT2D eigenvalue weighted by molar-refractivity contribution is 5.59. The van der Waals surface area contributed by atoms with Gasteiger partial charge in [0.05, 0.1) is 12.8 Å². The van der Waals surface area contributed by atoms with Gasteiger partial charge in [0.25, 0.3) is 0 Å². The fourth-order valence-corrected chi connectivity index (χ4v) is 2.21. The Morgan fingerprint density at radius 1 is 1.28 bits per heavy atom. The van der Waals surface area contributed by atoms with Crippen LogP contribution in [0.4, 0.5) is 5.69 Å². The summed E-state index contributed by atoms with van der Waals surface area (Å²) in [6.07, 6.45) is 2.66. The molecule has 0 saturated heterocycles. The molecule has 1 aromatic carbocycles. The number of benzene rings is 1. The summed E-state index contributed by atoms with van der Waals surface area (Å²) in [5.41, 5.74) is 2.49. The zero-order chi connectivity index (χ0) is 13.0. The second-order valence-corrected chi connectivity index (χ2v) is 4.83. The molecule has 1 aromatic rings. The van der Waals surface area contributed by atoms with E-state index in [9.17, 15) is 0 Å². The Morgan fingerprint density at radius 3 is 2.56 bits per heavy atom. The van der Waals surface area contributed by atoms with Crippen molar-refractivity contribution in [2.24, 2.45) is 0 Å². The summed E-state index contributed by atoms with van der Waals surface area (Å²) in [5.74, 6) is 0.980. The van der Waals surface area contributed by atoms with Crippen molar-refractivity contribution in [2.75, 3.05) is 25.1 Å². The van der Waals surface area contributed by atoms with E-state index in [-0.39, 0.29) is 0 Å². The van der Waals surface area contributed by atoms with E-state index in [1.807, 2.05) is 0 Å². The third-order valence-electron chi connectivity index (χ3n) is 3.52. The Morgan fingerprint density at radius 2 is 2.00 bits per heavy atom. The van der Waals surface area contributed by atoms with Crippen molar-refractivity contribution < 1.29 is 4.74 Å². The summed E-state index contributed by atoms with van der Waals surface area (Å²) in [5, 5.41) is 3.53. The van der Waals surface area contributed by atoms with Gasteiger partial charge < -0.3 is 15.0 Å². The standard InChI is InChI=1S/C15H24N2O/c1-4-17(5-2)14-9-6-12(10-15(14)18-3)11-16-13-7-8-13/h6,9-10,13,16H,4-5,7-8,11H2,1-3H3. The lowest BCUT2D eigenvalue weighted by molar-refractivity contribution is 0.413. The Bertz CT molecular complexity index is 384. The molecule has 3 heteroatoms. The van der Waals surface area contributed by atoms with Crippen molar-refractivity contribution in [1.29, 1.82) is 0 Å². The molecule has 0 spiro atoms. The first kappa shape index (κ1) is 13.2. The van der Waals surface area contributed by atoms with Crippen LogP contribution in [0.15, 0.2) is 18.2 Å². The van der Waals surface area contributed by atoms with E-state index in [0.29, 0.717) is 0 Å². The molecule has 100 valence electrons. The largest absolute Gasteiger partial charge is 0.495 e. The van der Waals surface area contributed by atoms with Gasteiger partial charge in [-0.05, 0) is 44.4 Å². The second-order valence-electron chi connectivity index (χ2n) is 4.83. The lowest BCUT2D eigenvalue weighted by Gasteiger charge is -2.23. The molecular weight excluding hydrogens is 224 g/mol. The number of nitrogens with one attached hydrogen (secondary N) is 1. The van der Waals surface area contributed by atoms with E-state index in [1.165, 1.54) is 24.1 Å². The Kier molecular flexibility index (Phi) is 4.48. The SMILES string of the molecule is CCN(CC)c1ccc(CNC2CC2)cc1OC. The van der Waals surface area contributed by atoms with Crippen molar-refractivity contribution in [3.8, 4) is 5.75 Å². The van der Waals surface area contributed by atoms with Crippen molar-refractivity contribution in [2.45, 2.75) is 39.3 Å².